The molecule has 2 amide bonds. The van der Waals surface area contributed by atoms with Gasteiger partial charge in [-0.2, -0.15) is 0 Å². The molecule has 0 bridgehead atoms. The molecule has 3 atom stereocenters. The van der Waals surface area contributed by atoms with Gasteiger partial charge in [0, 0.05) is 19.5 Å². The first-order valence-electron chi connectivity index (χ1n) is 13.5. The van der Waals surface area contributed by atoms with Crippen LogP contribution in [0.5, 0.6) is 0 Å². The Kier molecular flexibility index (Phi) is 7.93. The lowest BCUT2D eigenvalue weighted by atomic mass is 9.96. The molecular formula is C31H34FN3O4. The largest absolute Gasteiger partial charge is 0.467 e. The van der Waals surface area contributed by atoms with Gasteiger partial charge in [-0.05, 0) is 52.8 Å². The molecule has 1 saturated carbocycles. The summed E-state index contributed by atoms with van der Waals surface area (Å²) in [5, 5.41) is 2.16. The molecule has 8 heteroatoms. The van der Waals surface area contributed by atoms with Crippen LogP contribution < -0.4 is 5.73 Å². The minimum Gasteiger partial charge on any atom is -0.467 e. The predicted octanol–water partition coefficient (Wildman–Crippen LogP) is 3.47. The second kappa shape index (κ2) is 11.5. The first-order chi connectivity index (χ1) is 18.8. The van der Waals surface area contributed by atoms with E-state index in [9.17, 15) is 18.8 Å². The van der Waals surface area contributed by atoms with Gasteiger partial charge in [0.1, 0.15) is 17.9 Å². The van der Waals surface area contributed by atoms with E-state index in [-0.39, 0.29) is 37.1 Å². The third-order valence-electron chi connectivity index (χ3n) is 7.84. The SMILES string of the molecule is COC(=O)[C@H](Cc1ccc2ccccc2c1)N1CCN(C(=O)[C@H](N)Cc2ccc(F)cc2)[C@@H](CC2CC2)C1=O. The van der Waals surface area contributed by atoms with E-state index in [0.717, 1.165) is 34.7 Å². The van der Waals surface area contributed by atoms with Crippen molar-refractivity contribution in [1.29, 1.82) is 0 Å². The van der Waals surface area contributed by atoms with Crippen molar-refractivity contribution in [1.82, 2.24) is 9.80 Å². The van der Waals surface area contributed by atoms with Gasteiger partial charge in [-0.25, -0.2) is 9.18 Å². The molecule has 1 aliphatic carbocycles. The molecule has 0 aromatic heterocycles. The van der Waals surface area contributed by atoms with E-state index in [1.54, 1.807) is 21.9 Å². The Balaban J connectivity index is 1.35. The molecule has 2 fully saturated rings. The van der Waals surface area contributed by atoms with E-state index in [1.807, 2.05) is 42.5 Å². The van der Waals surface area contributed by atoms with Crippen molar-refractivity contribution >= 4 is 28.6 Å². The molecule has 2 aliphatic rings. The maximum absolute atomic E-state index is 13.9. The van der Waals surface area contributed by atoms with Crippen LogP contribution in [0.3, 0.4) is 0 Å². The summed E-state index contributed by atoms with van der Waals surface area (Å²) >= 11 is 0. The summed E-state index contributed by atoms with van der Waals surface area (Å²) in [6, 6.07) is 17.6. The monoisotopic (exact) mass is 531 g/mol. The van der Waals surface area contributed by atoms with Crippen LogP contribution in [-0.4, -0.2) is 65.9 Å². The zero-order valence-electron chi connectivity index (χ0n) is 22.1. The molecule has 3 aromatic rings. The average molecular weight is 532 g/mol. The molecule has 1 aliphatic heterocycles. The van der Waals surface area contributed by atoms with Gasteiger partial charge in [0.25, 0.3) is 0 Å². The van der Waals surface area contributed by atoms with Crippen LogP contribution in [0.2, 0.25) is 0 Å². The molecule has 0 radical (unpaired) electrons. The third-order valence-corrected chi connectivity index (χ3v) is 7.84. The van der Waals surface area contributed by atoms with Crippen LogP contribution in [0, 0.1) is 11.7 Å². The molecule has 0 unspecified atom stereocenters. The molecule has 5 rings (SSSR count). The number of nitrogens with zero attached hydrogens (tertiary/aromatic N) is 2. The number of rotatable bonds is 9. The highest BCUT2D eigenvalue weighted by atomic mass is 19.1. The van der Waals surface area contributed by atoms with Gasteiger partial charge in [-0.1, -0.05) is 67.4 Å². The molecule has 204 valence electrons. The van der Waals surface area contributed by atoms with Crippen molar-refractivity contribution < 1.29 is 23.5 Å². The van der Waals surface area contributed by atoms with Crippen molar-refractivity contribution in [3.63, 3.8) is 0 Å². The topological polar surface area (TPSA) is 92.9 Å². The summed E-state index contributed by atoms with van der Waals surface area (Å²) in [6.45, 7) is 0.493. The summed E-state index contributed by atoms with van der Waals surface area (Å²) < 4.78 is 18.4. The highest BCUT2D eigenvalue weighted by molar-refractivity contribution is 5.93. The van der Waals surface area contributed by atoms with Crippen molar-refractivity contribution in [3.8, 4) is 0 Å². The van der Waals surface area contributed by atoms with E-state index in [1.165, 1.54) is 19.2 Å². The number of hydrogen-bond donors (Lipinski definition) is 1. The van der Waals surface area contributed by atoms with Gasteiger partial charge in [-0.15, -0.1) is 0 Å². The molecule has 39 heavy (non-hydrogen) atoms. The van der Waals surface area contributed by atoms with Crippen LogP contribution in [0.1, 0.15) is 30.4 Å². The van der Waals surface area contributed by atoms with Crippen molar-refractivity contribution in [3.05, 3.63) is 83.7 Å². The van der Waals surface area contributed by atoms with E-state index in [4.69, 9.17) is 10.5 Å². The number of esters is 1. The number of methoxy groups -OCH3 is 1. The number of carbonyl (C=O) groups excluding carboxylic acids is 3. The van der Waals surface area contributed by atoms with Crippen LogP contribution in [-0.2, 0) is 32.0 Å². The zero-order chi connectivity index (χ0) is 27.5. The Labute approximate surface area is 227 Å². The Morgan fingerprint density at radius 3 is 2.36 bits per heavy atom. The van der Waals surface area contributed by atoms with Crippen LogP contribution in [0.25, 0.3) is 10.8 Å². The number of amides is 2. The molecule has 0 spiro atoms. The Hall–Kier alpha value is -3.78. The number of benzene rings is 3. The predicted molar refractivity (Wildman–Crippen MR) is 146 cm³/mol. The lowest BCUT2D eigenvalue weighted by molar-refractivity contribution is -0.162. The highest BCUT2D eigenvalue weighted by Gasteiger charge is 2.45. The average Bonchev–Trinajstić information content (AvgIpc) is 3.77. The van der Waals surface area contributed by atoms with E-state index in [2.05, 4.69) is 0 Å². The number of hydrogen-bond acceptors (Lipinski definition) is 5. The van der Waals surface area contributed by atoms with E-state index in [0.29, 0.717) is 18.8 Å². The van der Waals surface area contributed by atoms with Gasteiger partial charge < -0.3 is 20.3 Å². The number of carbonyl (C=O) groups is 3. The Morgan fingerprint density at radius 1 is 0.974 bits per heavy atom. The van der Waals surface area contributed by atoms with Crippen molar-refractivity contribution in [2.45, 2.75) is 50.2 Å². The smallest absolute Gasteiger partial charge is 0.328 e. The van der Waals surface area contributed by atoms with Crippen molar-refractivity contribution in [2.75, 3.05) is 20.2 Å². The van der Waals surface area contributed by atoms with E-state index >= 15 is 0 Å². The fourth-order valence-corrected chi connectivity index (χ4v) is 5.50. The van der Waals surface area contributed by atoms with Gasteiger partial charge in [-0.3, -0.25) is 9.59 Å². The summed E-state index contributed by atoms with van der Waals surface area (Å²) in [6.07, 6.45) is 3.15. The minimum atomic E-state index is -0.856. The van der Waals surface area contributed by atoms with Gasteiger partial charge in [0.15, 0.2) is 0 Å². The summed E-state index contributed by atoms with van der Waals surface area (Å²) in [7, 11) is 1.33. The van der Waals surface area contributed by atoms with Gasteiger partial charge in [0.2, 0.25) is 11.8 Å². The zero-order valence-corrected chi connectivity index (χ0v) is 22.1. The molecule has 1 heterocycles. The number of fused-ring (bicyclic) bond motifs is 1. The summed E-state index contributed by atoms with van der Waals surface area (Å²) in [4.78, 5) is 43.6. The number of piperazine rings is 1. The molecule has 3 aromatic carbocycles. The number of nitrogens with two attached hydrogens (primary N) is 1. The first kappa shape index (κ1) is 26.8. The van der Waals surface area contributed by atoms with Gasteiger partial charge in [0.05, 0.1) is 13.2 Å². The highest BCUT2D eigenvalue weighted by Crippen LogP contribution is 2.36. The number of ether oxygens (including phenoxy) is 1. The Morgan fingerprint density at radius 2 is 1.67 bits per heavy atom. The standard InChI is InChI=1S/C31H34FN3O4/c1-39-31(38)28(19-22-8-11-23-4-2-3-5-24(23)16-22)35-15-14-34(27(30(35)37)18-21-6-7-21)29(36)26(33)17-20-9-12-25(32)13-10-20/h2-5,8-13,16,21,26-28H,6-7,14-15,17-19,33H2,1H3/t26-,27+,28+/m1/s1. The fourth-order valence-electron chi connectivity index (χ4n) is 5.50. The second-order valence-electron chi connectivity index (χ2n) is 10.6. The molecule has 1 saturated heterocycles. The molecule has 2 N–H and O–H groups in total. The first-order valence-corrected chi connectivity index (χ1v) is 13.5. The van der Waals surface area contributed by atoms with Crippen molar-refractivity contribution in [2.24, 2.45) is 11.7 Å². The van der Waals surface area contributed by atoms with Crippen LogP contribution in [0.4, 0.5) is 4.39 Å². The Bertz CT molecular complexity index is 1360. The summed E-state index contributed by atoms with van der Waals surface area (Å²) in [5.74, 6) is -1.00. The van der Waals surface area contributed by atoms with Gasteiger partial charge >= 0.3 is 5.97 Å². The maximum Gasteiger partial charge on any atom is 0.328 e. The second-order valence-corrected chi connectivity index (χ2v) is 10.6. The van der Waals surface area contributed by atoms with E-state index < -0.39 is 24.1 Å². The lowest BCUT2D eigenvalue weighted by Gasteiger charge is -2.44. The molecule has 7 nitrogen and oxygen atoms in total. The maximum atomic E-state index is 13.9. The molecular weight excluding hydrogens is 497 g/mol. The normalized spacial score (nSPS) is 19.2. The lowest BCUT2D eigenvalue weighted by Crippen LogP contribution is -2.64. The number of halogens is 1. The van der Waals surface area contributed by atoms with Crippen LogP contribution in [0.15, 0.2) is 66.7 Å². The summed E-state index contributed by atoms with van der Waals surface area (Å²) in [5.41, 5.74) is 7.98. The van der Waals surface area contributed by atoms with Crippen LogP contribution >= 0.6 is 0 Å². The minimum absolute atomic E-state index is 0.211. The fraction of sp³-hybridized carbons (Fsp3) is 0.387. The third kappa shape index (κ3) is 6.11. The quantitative estimate of drug-likeness (QED) is 0.427.